The average molecular weight is 418 g/mol. The van der Waals surface area contributed by atoms with E-state index >= 15 is 0 Å². The first-order valence-electron chi connectivity index (χ1n) is 6.75. The lowest BCUT2D eigenvalue weighted by Gasteiger charge is -2.09. The van der Waals surface area contributed by atoms with Crippen molar-refractivity contribution >= 4 is 39.1 Å². The highest BCUT2D eigenvalue weighted by molar-refractivity contribution is 9.10. The molecule has 0 aliphatic rings. The number of amides is 2. The molecule has 2 rings (SSSR count). The second-order valence-electron chi connectivity index (χ2n) is 4.77. The van der Waals surface area contributed by atoms with Gasteiger partial charge in [-0.15, -0.1) is 0 Å². The Morgan fingerprint density at radius 2 is 1.92 bits per heavy atom. The molecule has 0 aliphatic heterocycles. The summed E-state index contributed by atoms with van der Waals surface area (Å²) in [6.45, 7) is 1.54. The molecule has 0 saturated heterocycles. The maximum Gasteiger partial charge on any atom is 0.471 e. The number of anilines is 1. The molecule has 0 unspecified atom stereocenters. The molecule has 10 heteroatoms. The van der Waals surface area contributed by atoms with Gasteiger partial charge in [0.05, 0.1) is 5.71 Å². The molecule has 2 N–H and O–H groups in total. The molecule has 0 fully saturated rings. The smallest absolute Gasteiger partial charge is 0.444 e. The van der Waals surface area contributed by atoms with Crippen molar-refractivity contribution in [1.29, 1.82) is 0 Å². The van der Waals surface area contributed by atoms with Crippen LogP contribution in [-0.4, -0.2) is 23.7 Å². The fourth-order valence-corrected chi connectivity index (χ4v) is 2.02. The largest absolute Gasteiger partial charge is 0.471 e. The Morgan fingerprint density at radius 3 is 2.52 bits per heavy atom. The predicted octanol–water partition coefficient (Wildman–Crippen LogP) is 3.70. The summed E-state index contributed by atoms with van der Waals surface area (Å²) in [6, 6.07) is 8.61. The molecule has 0 atom stereocenters. The summed E-state index contributed by atoms with van der Waals surface area (Å²) in [6.07, 6.45) is -4.98. The number of hydrazone groups is 1. The molecule has 6 nitrogen and oxygen atoms in total. The van der Waals surface area contributed by atoms with E-state index < -0.39 is 18.0 Å². The first-order valence-corrected chi connectivity index (χ1v) is 7.54. The maximum atomic E-state index is 12.3. The Bertz CT molecular complexity index is 831. The standard InChI is InChI=1S/C15H11BrF3N3O3/c1-8(21-22-13(23)11-5-6-12(16)25-11)9-3-2-4-10(7-9)20-14(24)15(17,18)19/h2-7H,1H3,(H,20,24)(H,22,23)/b21-8-. The van der Waals surface area contributed by atoms with Gasteiger partial charge in [0.1, 0.15) is 0 Å². The van der Waals surface area contributed by atoms with Crippen molar-refractivity contribution < 1.29 is 27.2 Å². The molecule has 0 radical (unpaired) electrons. The summed E-state index contributed by atoms with van der Waals surface area (Å²) in [7, 11) is 0. The fraction of sp³-hybridized carbons (Fsp3) is 0.133. The van der Waals surface area contributed by atoms with Crippen LogP contribution in [0, 0.1) is 0 Å². The summed E-state index contributed by atoms with van der Waals surface area (Å²) < 4.78 is 42.3. The minimum atomic E-state index is -4.98. The SMILES string of the molecule is C/C(=N/NC(=O)c1ccc(Br)o1)c1cccc(NC(=O)C(F)(F)F)c1. The molecule has 1 aromatic heterocycles. The molecule has 2 aromatic rings. The minimum absolute atomic E-state index is 0.0367. The van der Waals surface area contributed by atoms with Gasteiger partial charge >= 0.3 is 18.0 Å². The number of hydrogen-bond acceptors (Lipinski definition) is 4. The number of carbonyl (C=O) groups excluding carboxylic acids is 2. The average Bonchev–Trinajstić information content (AvgIpc) is 2.98. The van der Waals surface area contributed by atoms with Gasteiger partial charge in [-0.25, -0.2) is 5.43 Å². The molecule has 1 heterocycles. The van der Waals surface area contributed by atoms with Gasteiger partial charge in [0.15, 0.2) is 10.4 Å². The molecular weight excluding hydrogens is 407 g/mol. The number of nitrogens with zero attached hydrogens (tertiary/aromatic N) is 1. The third-order valence-corrected chi connectivity index (χ3v) is 3.34. The van der Waals surface area contributed by atoms with E-state index in [0.717, 1.165) is 0 Å². The normalized spacial score (nSPS) is 12.0. The van der Waals surface area contributed by atoms with Gasteiger partial charge in [0.25, 0.3) is 0 Å². The molecular formula is C15H11BrF3N3O3. The van der Waals surface area contributed by atoms with E-state index in [0.29, 0.717) is 15.9 Å². The second kappa shape index (κ2) is 7.51. The zero-order valence-corrected chi connectivity index (χ0v) is 14.2. The van der Waals surface area contributed by atoms with Crippen molar-refractivity contribution in [3.05, 3.63) is 52.4 Å². The maximum absolute atomic E-state index is 12.3. The molecule has 0 spiro atoms. The van der Waals surface area contributed by atoms with Gasteiger partial charge < -0.3 is 9.73 Å². The number of rotatable bonds is 4. The summed E-state index contributed by atoms with van der Waals surface area (Å²) in [4.78, 5) is 22.8. The minimum Gasteiger partial charge on any atom is -0.444 e. The number of alkyl halides is 3. The third kappa shape index (κ3) is 5.18. The van der Waals surface area contributed by atoms with Gasteiger partial charge in [0, 0.05) is 5.69 Å². The van der Waals surface area contributed by atoms with E-state index in [1.54, 1.807) is 18.3 Å². The van der Waals surface area contributed by atoms with Crippen LogP contribution in [0.3, 0.4) is 0 Å². The molecule has 25 heavy (non-hydrogen) atoms. The molecule has 132 valence electrons. The van der Waals surface area contributed by atoms with Crippen molar-refractivity contribution in [3.63, 3.8) is 0 Å². The van der Waals surface area contributed by atoms with E-state index in [4.69, 9.17) is 4.42 Å². The van der Waals surface area contributed by atoms with Gasteiger partial charge in [0.2, 0.25) is 0 Å². The van der Waals surface area contributed by atoms with Crippen LogP contribution < -0.4 is 10.7 Å². The van der Waals surface area contributed by atoms with Crippen LogP contribution in [0.5, 0.6) is 0 Å². The molecule has 1 aromatic carbocycles. The van der Waals surface area contributed by atoms with Crippen LogP contribution in [0.1, 0.15) is 23.0 Å². The topological polar surface area (TPSA) is 83.7 Å². The van der Waals surface area contributed by atoms with Gasteiger partial charge in [-0.2, -0.15) is 18.3 Å². The summed E-state index contributed by atoms with van der Waals surface area (Å²) in [5, 5.41) is 5.60. The Morgan fingerprint density at radius 1 is 1.20 bits per heavy atom. The zero-order valence-electron chi connectivity index (χ0n) is 12.6. The van der Waals surface area contributed by atoms with E-state index in [-0.39, 0.29) is 11.4 Å². The van der Waals surface area contributed by atoms with E-state index in [1.807, 2.05) is 0 Å². The number of hydrogen-bond donors (Lipinski definition) is 2. The molecule has 0 saturated carbocycles. The fourth-order valence-electron chi connectivity index (χ4n) is 1.71. The van der Waals surface area contributed by atoms with E-state index in [1.165, 1.54) is 30.3 Å². The van der Waals surface area contributed by atoms with Crippen LogP contribution in [-0.2, 0) is 4.79 Å². The number of halogens is 4. The van der Waals surface area contributed by atoms with Gasteiger partial charge in [-0.1, -0.05) is 12.1 Å². The number of nitrogens with one attached hydrogen (secondary N) is 2. The Labute approximate surface area is 148 Å². The Balaban J connectivity index is 2.08. The first kappa shape index (κ1) is 18.7. The van der Waals surface area contributed by atoms with Crippen molar-refractivity contribution in [2.75, 3.05) is 5.32 Å². The lowest BCUT2D eigenvalue weighted by atomic mass is 10.1. The number of carbonyl (C=O) groups is 2. The Hall–Kier alpha value is -2.62. The van der Waals surface area contributed by atoms with E-state index in [9.17, 15) is 22.8 Å². The van der Waals surface area contributed by atoms with E-state index in [2.05, 4.69) is 26.5 Å². The highest BCUT2D eigenvalue weighted by Crippen LogP contribution is 2.19. The van der Waals surface area contributed by atoms with Crippen LogP contribution in [0.15, 0.2) is 50.6 Å². The van der Waals surface area contributed by atoms with Gasteiger partial charge in [-0.05, 0) is 52.7 Å². The van der Waals surface area contributed by atoms with Crippen molar-refractivity contribution in [2.24, 2.45) is 5.10 Å². The molecule has 0 aliphatic carbocycles. The lowest BCUT2D eigenvalue weighted by molar-refractivity contribution is -0.167. The third-order valence-electron chi connectivity index (χ3n) is 2.92. The predicted molar refractivity (Wildman–Crippen MR) is 87.2 cm³/mol. The first-order chi connectivity index (χ1) is 11.7. The van der Waals surface area contributed by atoms with Crippen LogP contribution in [0.2, 0.25) is 0 Å². The molecule has 2 amide bonds. The monoisotopic (exact) mass is 417 g/mol. The highest BCUT2D eigenvalue weighted by Gasteiger charge is 2.38. The van der Waals surface area contributed by atoms with Crippen molar-refractivity contribution in [3.8, 4) is 0 Å². The number of furan rings is 1. The van der Waals surface area contributed by atoms with Crippen LogP contribution >= 0.6 is 15.9 Å². The summed E-state index contributed by atoms with van der Waals surface area (Å²) in [5.41, 5.74) is 2.96. The quantitative estimate of drug-likeness (QED) is 0.587. The van der Waals surface area contributed by atoms with Crippen LogP contribution in [0.4, 0.5) is 18.9 Å². The van der Waals surface area contributed by atoms with Gasteiger partial charge in [-0.3, -0.25) is 9.59 Å². The summed E-state index contributed by atoms with van der Waals surface area (Å²) in [5.74, 6) is -2.63. The molecule has 0 bridgehead atoms. The zero-order chi connectivity index (χ0) is 18.6. The number of benzene rings is 1. The Kier molecular flexibility index (Phi) is 5.62. The second-order valence-corrected chi connectivity index (χ2v) is 5.56. The highest BCUT2D eigenvalue weighted by atomic mass is 79.9. The summed E-state index contributed by atoms with van der Waals surface area (Å²) >= 11 is 3.06. The van der Waals surface area contributed by atoms with Crippen molar-refractivity contribution in [2.45, 2.75) is 13.1 Å². The van der Waals surface area contributed by atoms with Crippen LogP contribution in [0.25, 0.3) is 0 Å². The van der Waals surface area contributed by atoms with Crippen molar-refractivity contribution in [1.82, 2.24) is 5.43 Å². The lowest BCUT2D eigenvalue weighted by Crippen LogP contribution is -2.29.